The van der Waals surface area contributed by atoms with Gasteiger partial charge >= 0.3 is 0 Å². The van der Waals surface area contributed by atoms with E-state index < -0.39 is 4.92 Å². The molecular weight excluding hydrogens is 222 g/mol. The summed E-state index contributed by atoms with van der Waals surface area (Å²) in [5.74, 6) is 0. The standard InChI is InChI=1S/C10H11N5O2/c16-15(17)10-3-1-2-9(8-10)11-4-6-14-7-5-12-13-14/h1-3,5,7-8,11H,4,6H2. The van der Waals surface area contributed by atoms with E-state index in [9.17, 15) is 10.1 Å². The van der Waals surface area contributed by atoms with E-state index >= 15 is 0 Å². The lowest BCUT2D eigenvalue weighted by Gasteiger charge is -2.05. The van der Waals surface area contributed by atoms with E-state index in [4.69, 9.17) is 0 Å². The van der Waals surface area contributed by atoms with Gasteiger partial charge in [-0.15, -0.1) is 5.10 Å². The summed E-state index contributed by atoms with van der Waals surface area (Å²) in [6, 6.07) is 6.40. The van der Waals surface area contributed by atoms with Gasteiger partial charge in [0, 0.05) is 30.6 Å². The minimum Gasteiger partial charge on any atom is -0.383 e. The quantitative estimate of drug-likeness (QED) is 0.621. The summed E-state index contributed by atoms with van der Waals surface area (Å²) in [6.07, 6.45) is 3.36. The predicted molar refractivity (Wildman–Crippen MR) is 61.6 cm³/mol. The summed E-state index contributed by atoms with van der Waals surface area (Å²) in [7, 11) is 0. The Labute approximate surface area is 97.2 Å². The monoisotopic (exact) mass is 233 g/mol. The second-order valence-corrected chi connectivity index (χ2v) is 3.40. The average molecular weight is 233 g/mol. The highest BCUT2D eigenvalue weighted by atomic mass is 16.6. The van der Waals surface area contributed by atoms with Crippen LogP contribution in [-0.4, -0.2) is 26.5 Å². The second-order valence-electron chi connectivity index (χ2n) is 3.40. The number of nitrogens with zero attached hydrogens (tertiary/aromatic N) is 4. The molecule has 0 fully saturated rings. The van der Waals surface area contributed by atoms with Gasteiger partial charge in [0.2, 0.25) is 0 Å². The lowest BCUT2D eigenvalue weighted by atomic mass is 10.3. The number of nitrogens with one attached hydrogen (secondary N) is 1. The zero-order valence-corrected chi connectivity index (χ0v) is 8.98. The summed E-state index contributed by atoms with van der Waals surface area (Å²) < 4.78 is 1.68. The van der Waals surface area contributed by atoms with E-state index in [1.807, 2.05) is 0 Å². The Kier molecular flexibility index (Phi) is 3.29. The Morgan fingerprint density at radius 1 is 1.47 bits per heavy atom. The number of hydrogen-bond donors (Lipinski definition) is 1. The molecule has 1 heterocycles. The molecule has 0 radical (unpaired) electrons. The van der Waals surface area contributed by atoms with Crippen LogP contribution in [0.1, 0.15) is 0 Å². The molecule has 1 aromatic carbocycles. The van der Waals surface area contributed by atoms with Gasteiger partial charge in [-0.05, 0) is 6.07 Å². The number of aromatic nitrogens is 3. The molecule has 0 aliphatic carbocycles. The maximum atomic E-state index is 10.6. The fourth-order valence-corrected chi connectivity index (χ4v) is 1.40. The molecule has 0 aliphatic rings. The van der Waals surface area contributed by atoms with E-state index in [1.165, 1.54) is 12.1 Å². The van der Waals surface area contributed by atoms with Gasteiger partial charge in [0.15, 0.2) is 0 Å². The first-order valence-corrected chi connectivity index (χ1v) is 5.08. The van der Waals surface area contributed by atoms with Crippen LogP contribution in [0.3, 0.4) is 0 Å². The molecule has 2 aromatic rings. The highest BCUT2D eigenvalue weighted by Crippen LogP contribution is 2.16. The lowest BCUT2D eigenvalue weighted by Crippen LogP contribution is -2.11. The summed E-state index contributed by atoms with van der Waals surface area (Å²) >= 11 is 0. The molecule has 0 saturated carbocycles. The van der Waals surface area contributed by atoms with Crippen molar-refractivity contribution in [3.63, 3.8) is 0 Å². The van der Waals surface area contributed by atoms with Crippen molar-refractivity contribution in [3.05, 3.63) is 46.8 Å². The van der Waals surface area contributed by atoms with Gasteiger partial charge in [0.1, 0.15) is 0 Å². The summed E-state index contributed by atoms with van der Waals surface area (Å²) in [5.41, 5.74) is 0.801. The van der Waals surface area contributed by atoms with Crippen molar-refractivity contribution in [2.24, 2.45) is 0 Å². The normalized spacial score (nSPS) is 10.1. The average Bonchev–Trinajstić information content (AvgIpc) is 2.82. The van der Waals surface area contributed by atoms with Crippen molar-refractivity contribution >= 4 is 11.4 Å². The molecule has 0 bridgehead atoms. The molecule has 0 atom stereocenters. The Hall–Kier alpha value is -2.44. The Morgan fingerprint density at radius 3 is 3.06 bits per heavy atom. The van der Waals surface area contributed by atoms with Gasteiger partial charge in [-0.3, -0.25) is 14.8 Å². The Balaban J connectivity index is 1.90. The summed E-state index contributed by atoms with van der Waals surface area (Å²) in [6.45, 7) is 1.28. The Bertz CT molecular complexity index is 497. The highest BCUT2D eigenvalue weighted by molar-refractivity contribution is 5.50. The molecule has 2 rings (SSSR count). The largest absolute Gasteiger partial charge is 0.383 e. The molecule has 17 heavy (non-hydrogen) atoms. The third-order valence-corrected chi connectivity index (χ3v) is 2.20. The van der Waals surface area contributed by atoms with Crippen molar-refractivity contribution in [2.75, 3.05) is 11.9 Å². The fraction of sp³-hybridized carbons (Fsp3) is 0.200. The molecule has 0 saturated heterocycles. The van der Waals surface area contributed by atoms with Crippen LogP contribution in [0.5, 0.6) is 0 Å². The van der Waals surface area contributed by atoms with Gasteiger partial charge in [-0.2, -0.15) is 0 Å². The minimum atomic E-state index is -0.414. The van der Waals surface area contributed by atoms with Crippen LogP contribution in [0.2, 0.25) is 0 Å². The first-order valence-electron chi connectivity index (χ1n) is 5.08. The zero-order chi connectivity index (χ0) is 12.1. The van der Waals surface area contributed by atoms with E-state index in [1.54, 1.807) is 29.2 Å². The van der Waals surface area contributed by atoms with Crippen molar-refractivity contribution in [1.82, 2.24) is 15.0 Å². The van der Waals surface area contributed by atoms with Gasteiger partial charge in [0.05, 0.1) is 17.7 Å². The lowest BCUT2D eigenvalue weighted by molar-refractivity contribution is -0.384. The second kappa shape index (κ2) is 5.06. The fourth-order valence-electron chi connectivity index (χ4n) is 1.40. The van der Waals surface area contributed by atoms with Crippen molar-refractivity contribution in [2.45, 2.75) is 6.54 Å². The van der Waals surface area contributed by atoms with E-state index in [0.29, 0.717) is 13.1 Å². The number of nitro benzene ring substituents is 1. The van der Waals surface area contributed by atoms with E-state index in [0.717, 1.165) is 5.69 Å². The smallest absolute Gasteiger partial charge is 0.271 e. The zero-order valence-electron chi connectivity index (χ0n) is 8.98. The van der Waals surface area contributed by atoms with Crippen molar-refractivity contribution in [3.8, 4) is 0 Å². The van der Waals surface area contributed by atoms with Crippen LogP contribution < -0.4 is 5.32 Å². The first-order chi connectivity index (χ1) is 8.25. The number of hydrogen-bond acceptors (Lipinski definition) is 5. The van der Waals surface area contributed by atoms with Crippen molar-refractivity contribution < 1.29 is 4.92 Å². The molecule has 1 N–H and O–H groups in total. The highest BCUT2D eigenvalue weighted by Gasteiger charge is 2.04. The molecule has 0 unspecified atom stereocenters. The molecule has 0 aliphatic heterocycles. The number of anilines is 1. The maximum Gasteiger partial charge on any atom is 0.271 e. The van der Waals surface area contributed by atoms with Gasteiger partial charge < -0.3 is 5.32 Å². The maximum absolute atomic E-state index is 10.6. The van der Waals surface area contributed by atoms with Crippen LogP contribution in [-0.2, 0) is 6.54 Å². The molecule has 88 valence electrons. The van der Waals surface area contributed by atoms with Gasteiger partial charge in [0.25, 0.3) is 5.69 Å². The van der Waals surface area contributed by atoms with Crippen LogP contribution in [0.15, 0.2) is 36.7 Å². The first kappa shape index (κ1) is 11.1. The van der Waals surface area contributed by atoms with E-state index in [-0.39, 0.29) is 5.69 Å². The van der Waals surface area contributed by atoms with E-state index in [2.05, 4.69) is 15.6 Å². The molecule has 1 aromatic heterocycles. The van der Waals surface area contributed by atoms with Gasteiger partial charge in [-0.1, -0.05) is 11.3 Å². The van der Waals surface area contributed by atoms with Crippen LogP contribution in [0, 0.1) is 10.1 Å². The molecule has 7 nitrogen and oxygen atoms in total. The third-order valence-electron chi connectivity index (χ3n) is 2.20. The Morgan fingerprint density at radius 2 is 2.35 bits per heavy atom. The molecule has 0 amide bonds. The molecular formula is C10H11N5O2. The third kappa shape index (κ3) is 3.00. The van der Waals surface area contributed by atoms with Crippen LogP contribution in [0.4, 0.5) is 11.4 Å². The summed E-state index contributed by atoms with van der Waals surface area (Å²) in [4.78, 5) is 10.2. The SMILES string of the molecule is O=[N+]([O-])c1cccc(NCCn2ccnn2)c1. The van der Waals surface area contributed by atoms with Crippen LogP contribution in [0.25, 0.3) is 0 Å². The number of benzene rings is 1. The molecule has 0 spiro atoms. The summed E-state index contributed by atoms with van der Waals surface area (Å²) in [5, 5.41) is 21.1. The number of rotatable bonds is 5. The number of non-ortho nitro benzene ring substituents is 1. The molecule has 7 heteroatoms. The van der Waals surface area contributed by atoms with Gasteiger partial charge in [-0.25, -0.2) is 0 Å². The van der Waals surface area contributed by atoms with Crippen LogP contribution >= 0.6 is 0 Å². The number of nitro groups is 1. The van der Waals surface area contributed by atoms with Crippen molar-refractivity contribution in [1.29, 1.82) is 0 Å². The predicted octanol–water partition coefficient (Wildman–Crippen LogP) is 1.30. The topological polar surface area (TPSA) is 85.9 Å². The minimum absolute atomic E-state index is 0.0794.